The SMILES string of the molecule is CS(=O)(=O)N1Cc2ccccc2C[C@@H]1C(=O)Nc1nc(SCc2ccccc2)ns1. The van der Waals surface area contributed by atoms with Crippen LogP contribution in [0.5, 0.6) is 0 Å². The number of rotatable bonds is 6. The largest absolute Gasteiger partial charge is 0.299 e. The van der Waals surface area contributed by atoms with Gasteiger partial charge in [0.1, 0.15) is 6.04 Å². The van der Waals surface area contributed by atoms with Gasteiger partial charge in [-0.3, -0.25) is 10.1 Å². The van der Waals surface area contributed by atoms with Crippen LogP contribution in [0.25, 0.3) is 0 Å². The lowest BCUT2D eigenvalue weighted by molar-refractivity contribution is -0.120. The summed E-state index contributed by atoms with van der Waals surface area (Å²) in [4.78, 5) is 17.3. The zero-order valence-electron chi connectivity index (χ0n) is 16.2. The molecule has 7 nitrogen and oxygen atoms in total. The Morgan fingerprint density at radius 2 is 1.87 bits per heavy atom. The minimum Gasteiger partial charge on any atom is -0.299 e. The third kappa shape index (κ3) is 4.89. The van der Waals surface area contributed by atoms with Gasteiger partial charge in [0.05, 0.1) is 6.26 Å². The van der Waals surface area contributed by atoms with E-state index >= 15 is 0 Å². The van der Waals surface area contributed by atoms with Crippen LogP contribution in [0.1, 0.15) is 16.7 Å². The number of sulfonamides is 1. The molecule has 3 aromatic rings. The number of benzene rings is 2. The monoisotopic (exact) mass is 460 g/mol. The molecule has 1 amide bonds. The zero-order valence-corrected chi connectivity index (χ0v) is 18.6. The quantitative estimate of drug-likeness (QED) is 0.568. The third-order valence-corrected chi connectivity index (χ3v) is 7.68. The highest BCUT2D eigenvalue weighted by molar-refractivity contribution is 7.98. The summed E-state index contributed by atoms with van der Waals surface area (Å²) in [5, 5.41) is 3.69. The van der Waals surface area contributed by atoms with Crippen molar-refractivity contribution in [3.05, 3.63) is 71.3 Å². The molecule has 2 heterocycles. The molecule has 2 aromatic carbocycles. The van der Waals surface area contributed by atoms with Gasteiger partial charge in [0, 0.05) is 23.8 Å². The Morgan fingerprint density at radius 1 is 1.17 bits per heavy atom. The lowest BCUT2D eigenvalue weighted by atomic mass is 9.95. The number of carbonyl (C=O) groups excluding carboxylic acids is 1. The number of thioether (sulfide) groups is 1. The summed E-state index contributed by atoms with van der Waals surface area (Å²) in [5.41, 5.74) is 3.06. The van der Waals surface area contributed by atoms with Crippen molar-refractivity contribution in [3.63, 3.8) is 0 Å². The maximum absolute atomic E-state index is 12.9. The summed E-state index contributed by atoms with van der Waals surface area (Å²) in [6.07, 6.45) is 1.45. The summed E-state index contributed by atoms with van der Waals surface area (Å²) in [6, 6.07) is 16.7. The maximum Gasteiger partial charge on any atom is 0.245 e. The molecule has 10 heteroatoms. The van der Waals surface area contributed by atoms with Crippen molar-refractivity contribution in [1.29, 1.82) is 0 Å². The first-order valence-corrected chi connectivity index (χ1v) is 12.9. The Bertz CT molecular complexity index is 1150. The number of aromatic nitrogens is 2. The van der Waals surface area contributed by atoms with Gasteiger partial charge in [-0.2, -0.15) is 13.7 Å². The van der Waals surface area contributed by atoms with Gasteiger partial charge in [-0.1, -0.05) is 66.4 Å². The number of carbonyl (C=O) groups is 1. The number of hydrogen-bond acceptors (Lipinski definition) is 7. The van der Waals surface area contributed by atoms with Gasteiger partial charge in [-0.15, -0.1) is 0 Å². The number of nitrogens with one attached hydrogen (secondary N) is 1. The molecular formula is C20H20N4O3S3. The third-order valence-electron chi connectivity index (χ3n) is 4.78. The molecule has 0 fully saturated rings. The van der Waals surface area contributed by atoms with Crippen LogP contribution in [0, 0.1) is 0 Å². The highest BCUT2D eigenvalue weighted by Gasteiger charge is 2.37. The van der Waals surface area contributed by atoms with Crippen molar-refractivity contribution in [2.45, 2.75) is 29.9 Å². The summed E-state index contributed by atoms with van der Waals surface area (Å²) < 4.78 is 30.1. The molecule has 30 heavy (non-hydrogen) atoms. The lowest BCUT2D eigenvalue weighted by Crippen LogP contribution is -2.50. The topological polar surface area (TPSA) is 92.3 Å². The molecule has 0 unspecified atom stereocenters. The zero-order chi connectivity index (χ0) is 21.1. The van der Waals surface area contributed by atoms with Gasteiger partial charge in [0.15, 0.2) is 0 Å². The highest BCUT2D eigenvalue weighted by Crippen LogP contribution is 2.27. The predicted molar refractivity (Wildman–Crippen MR) is 119 cm³/mol. The first-order chi connectivity index (χ1) is 14.4. The van der Waals surface area contributed by atoms with Gasteiger partial charge < -0.3 is 0 Å². The van der Waals surface area contributed by atoms with E-state index < -0.39 is 22.0 Å². The van der Waals surface area contributed by atoms with Crippen LogP contribution in [-0.4, -0.2) is 40.3 Å². The Balaban J connectivity index is 1.45. The molecule has 0 saturated carbocycles. The van der Waals surface area contributed by atoms with Crippen molar-refractivity contribution >= 4 is 44.4 Å². The number of anilines is 1. The summed E-state index contributed by atoms with van der Waals surface area (Å²) in [6.45, 7) is 0.182. The van der Waals surface area contributed by atoms with Crippen LogP contribution in [0.2, 0.25) is 0 Å². The van der Waals surface area contributed by atoms with E-state index in [0.717, 1.165) is 40.2 Å². The molecule has 156 valence electrons. The Hall–Kier alpha value is -2.27. The van der Waals surface area contributed by atoms with Crippen LogP contribution in [0.3, 0.4) is 0 Å². The minimum atomic E-state index is -3.55. The van der Waals surface area contributed by atoms with Crippen LogP contribution in [0.15, 0.2) is 59.8 Å². The fraction of sp³-hybridized carbons (Fsp3) is 0.250. The maximum atomic E-state index is 12.9. The van der Waals surface area contributed by atoms with E-state index in [1.807, 2.05) is 54.6 Å². The molecular weight excluding hydrogens is 440 g/mol. The second-order valence-electron chi connectivity index (χ2n) is 6.94. The number of fused-ring (bicyclic) bond motifs is 1. The molecule has 0 radical (unpaired) electrons. The van der Waals surface area contributed by atoms with Crippen molar-refractivity contribution < 1.29 is 13.2 Å². The lowest BCUT2D eigenvalue weighted by Gasteiger charge is -2.33. The van der Waals surface area contributed by atoms with Gasteiger partial charge in [0.2, 0.25) is 26.2 Å². The summed E-state index contributed by atoms with van der Waals surface area (Å²) in [5.74, 6) is 0.331. The fourth-order valence-electron chi connectivity index (χ4n) is 3.30. The van der Waals surface area contributed by atoms with Crippen LogP contribution < -0.4 is 5.32 Å². The molecule has 0 bridgehead atoms. The first kappa shape index (κ1) is 21.0. The molecule has 1 aliphatic heterocycles. The molecule has 1 N–H and O–H groups in total. The minimum absolute atomic E-state index is 0.182. The highest BCUT2D eigenvalue weighted by atomic mass is 32.2. The van der Waals surface area contributed by atoms with E-state index in [-0.39, 0.29) is 6.54 Å². The predicted octanol–water partition coefficient (Wildman–Crippen LogP) is 3.16. The fourth-order valence-corrected chi connectivity index (χ4v) is 5.81. The van der Waals surface area contributed by atoms with Gasteiger partial charge >= 0.3 is 0 Å². The number of amides is 1. The first-order valence-electron chi connectivity index (χ1n) is 9.25. The van der Waals surface area contributed by atoms with Gasteiger partial charge in [0.25, 0.3) is 0 Å². The van der Waals surface area contributed by atoms with E-state index in [4.69, 9.17) is 0 Å². The van der Waals surface area contributed by atoms with Gasteiger partial charge in [-0.25, -0.2) is 8.42 Å². The standard InChI is InChI=1S/C20H20N4O3S3/c1-30(26,27)24-12-16-10-6-5-9-15(16)11-17(24)18(25)21-19-22-20(23-29-19)28-13-14-7-3-2-4-8-14/h2-10,17H,11-13H2,1H3,(H,21,22,23,25)/t17-/m1/s1. The van der Waals surface area contributed by atoms with Crippen LogP contribution in [-0.2, 0) is 33.5 Å². The van der Waals surface area contributed by atoms with E-state index in [1.165, 1.54) is 16.1 Å². The molecule has 1 atom stereocenters. The Kier molecular flexibility index (Phi) is 6.19. The Morgan fingerprint density at radius 3 is 2.60 bits per heavy atom. The van der Waals surface area contributed by atoms with Crippen molar-refractivity contribution in [2.24, 2.45) is 0 Å². The van der Waals surface area contributed by atoms with E-state index in [1.54, 1.807) is 0 Å². The van der Waals surface area contributed by atoms with Crippen LogP contribution in [0.4, 0.5) is 5.13 Å². The molecule has 0 spiro atoms. The Labute approximate surface area is 183 Å². The molecule has 0 aliphatic carbocycles. The van der Waals surface area contributed by atoms with Crippen molar-refractivity contribution in [1.82, 2.24) is 13.7 Å². The number of hydrogen-bond donors (Lipinski definition) is 1. The smallest absolute Gasteiger partial charge is 0.245 e. The molecule has 0 saturated heterocycles. The molecule has 1 aliphatic rings. The van der Waals surface area contributed by atoms with Crippen molar-refractivity contribution in [3.8, 4) is 0 Å². The van der Waals surface area contributed by atoms with Crippen LogP contribution >= 0.6 is 23.3 Å². The van der Waals surface area contributed by atoms with Gasteiger partial charge in [-0.05, 0) is 23.1 Å². The van der Waals surface area contributed by atoms with E-state index in [9.17, 15) is 13.2 Å². The normalized spacial score (nSPS) is 16.8. The van der Waals surface area contributed by atoms with Crippen molar-refractivity contribution in [2.75, 3.05) is 11.6 Å². The second kappa shape index (κ2) is 8.84. The van der Waals surface area contributed by atoms with E-state index in [2.05, 4.69) is 14.7 Å². The average molecular weight is 461 g/mol. The summed E-state index contributed by atoms with van der Waals surface area (Å²) >= 11 is 2.57. The number of nitrogens with zero attached hydrogens (tertiary/aromatic N) is 3. The average Bonchev–Trinajstić information content (AvgIpc) is 3.18. The second-order valence-corrected chi connectivity index (χ2v) is 10.6. The molecule has 1 aromatic heterocycles. The summed E-state index contributed by atoms with van der Waals surface area (Å²) in [7, 11) is -3.55. The van der Waals surface area contributed by atoms with E-state index in [0.29, 0.717) is 16.7 Å². The molecule has 4 rings (SSSR count).